The first-order chi connectivity index (χ1) is 15.2. The Morgan fingerprint density at radius 3 is 2.24 bits per heavy atom. The van der Waals surface area contributed by atoms with Crippen molar-refractivity contribution in [2.75, 3.05) is 13.7 Å². The van der Waals surface area contributed by atoms with Crippen LogP contribution >= 0.6 is 0 Å². The van der Waals surface area contributed by atoms with Crippen LogP contribution in [0.5, 0.6) is 5.75 Å². The number of alkyl carbamates (subject to hydrolysis) is 1. The summed E-state index contributed by atoms with van der Waals surface area (Å²) in [7, 11) is 1.19. The summed E-state index contributed by atoms with van der Waals surface area (Å²) in [6, 6.07) is 2.02. The van der Waals surface area contributed by atoms with Crippen LogP contribution in [0.3, 0.4) is 0 Å². The highest BCUT2D eigenvalue weighted by molar-refractivity contribution is 5.93. The van der Waals surface area contributed by atoms with Gasteiger partial charge in [0.05, 0.1) is 7.11 Å². The Kier molecular flexibility index (Phi) is 9.69. The number of benzene rings is 1. The Morgan fingerprint density at radius 2 is 1.73 bits per heavy atom. The van der Waals surface area contributed by atoms with Crippen molar-refractivity contribution in [1.29, 1.82) is 0 Å². The fourth-order valence-corrected chi connectivity index (χ4v) is 3.10. The molecule has 2 unspecified atom stereocenters. The lowest BCUT2D eigenvalue weighted by atomic mass is 9.98. The predicted molar refractivity (Wildman–Crippen MR) is 121 cm³/mol. The van der Waals surface area contributed by atoms with Crippen molar-refractivity contribution in [3.05, 3.63) is 29.3 Å². The second kappa shape index (κ2) is 11.5. The lowest BCUT2D eigenvalue weighted by molar-refractivity contribution is -0.146. The van der Waals surface area contributed by atoms with Gasteiger partial charge in [-0.05, 0) is 54.0 Å². The summed E-state index contributed by atoms with van der Waals surface area (Å²) in [6.45, 7) is 11.2. The normalized spacial score (nSPS) is 13.0. The molecule has 2 atom stereocenters. The number of hydrogen-bond donors (Lipinski definition) is 3. The molecule has 0 aliphatic rings. The van der Waals surface area contributed by atoms with E-state index in [2.05, 4.69) is 15.4 Å². The number of amides is 3. The zero-order valence-corrected chi connectivity index (χ0v) is 20.5. The highest BCUT2D eigenvalue weighted by Crippen LogP contribution is 2.33. The molecule has 0 aliphatic heterocycles. The van der Waals surface area contributed by atoms with Crippen molar-refractivity contribution in [1.82, 2.24) is 15.5 Å². The number of aryl methyl sites for hydroxylation is 1. The van der Waals surface area contributed by atoms with Crippen LogP contribution in [0.1, 0.15) is 58.7 Å². The molecular formula is C23H35N3O7. The first kappa shape index (κ1) is 27.7. The second-order valence-electron chi connectivity index (χ2n) is 8.92. The number of methoxy groups -OCH3 is 1. The topological polar surface area (TPSA) is 134 Å². The molecule has 0 aliphatic carbocycles. The van der Waals surface area contributed by atoms with Crippen LogP contribution in [-0.2, 0) is 23.9 Å². The zero-order valence-electron chi connectivity index (χ0n) is 20.5. The summed E-state index contributed by atoms with van der Waals surface area (Å²) < 4.78 is 9.77. The van der Waals surface area contributed by atoms with E-state index < -0.39 is 54.1 Å². The Morgan fingerprint density at radius 1 is 1.12 bits per heavy atom. The third kappa shape index (κ3) is 7.96. The molecule has 1 rings (SSSR count). The average Bonchev–Trinajstić information content (AvgIpc) is 2.69. The van der Waals surface area contributed by atoms with Crippen LogP contribution in [0.2, 0.25) is 0 Å². The molecule has 3 amide bonds. The third-order valence-corrected chi connectivity index (χ3v) is 4.64. The molecule has 0 fully saturated rings. The molecule has 33 heavy (non-hydrogen) atoms. The maximum Gasteiger partial charge on any atom is 0.408 e. The second-order valence-corrected chi connectivity index (χ2v) is 8.92. The summed E-state index contributed by atoms with van der Waals surface area (Å²) in [6.07, 6.45) is -0.780. The largest absolute Gasteiger partial charge is 0.507 e. The molecule has 10 nitrogen and oxygen atoms in total. The van der Waals surface area contributed by atoms with E-state index >= 15 is 0 Å². The van der Waals surface area contributed by atoms with Gasteiger partial charge in [-0.1, -0.05) is 18.2 Å². The lowest BCUT2D eigenvalue weighted by Gasteiger charge is -2.36. The molecule has 0 aromatic heterocycles. The van der Waals surface area contributed by atoms with Crippen LogP contribution in [0.15, 0.2) is 18.2 Å². The molecule has 0 bridgehead atoms. The summed E-state index contributed by atoms with van der Waals surface area (Å²) in [5.74, 6) is -2.08. The molecule has 0 saturated heterocycles. The monoisotopic (exact) mass is 465 g/mol. The minimum atomic E-state index is -1.27. The molecule has 10 heteroatoms. The number of phenols is 1. The van der Waals surface area contributed by atoms with Crippen molar-refractivity contribution in [3.63, 3.8) is 0 Å². The van der Waals surface area contributed by atoms with Gasteiger partial charge < -0.3 is 30.1 Å². The minimum Gasteiger partial charge on any atom is -0.507 e. The molecule has 1 aromatic rings. The zero-order chi connectivity index (χ0) is 25.5. The van der Waals surface area contributed by atoms with Crippen LogP contribution in [0.25, 0.3) is 0 Å². The highest BCUT2D eigenvalue weighted by Gasteiger charge is 2.38. The van der Waals surface area contributed by atoms with E-state index in [0.29, 0.717) is 5.56 Å². The Hall–Kier alpha value is -3.30. The van der Waals surface area contributed by atoms with Gasteiger partial charge in [0.2, 0.25) is 11.8 Å². The first-order valence-electron chi connectivity index (χ1n) is 10.6. The number of hydrogen-bond acceptors (Lipinski definition) is 7. The average molecular weight is 466 g/mol. The van der Waals surface area contributed by atoms with E-state index in [1.54, 1.807) is 53.7 Å². The number of carbonyl (C=O) groups excluding carboxylic acids is 4. The number of carbonyl (C=O) groups is 4. The first-order valence-corrected chi connectivity index (χ1v) is 10.6. The molecule has 0 saturated carbocycles. The van der Waals surface area contributed by atoms with E-state index in [0.717, 1.165) is 0 Å². The van der Waals surface area contributed by atoms with Gasteiger partial charge >= 0.3 is 12.1 Å². The van der Waals surface area contributed by atoms with Crippen molar-refractivity contribution >= 4 is 23.9 Å². The van der Waals surface area contributed by atoms with Crippen molar-refractivity contribution in [2.45, 2.75) is 72.2 Å². The molecule has 0 spiro atoms. The smallest absolute Gasteiger partial charge is 0.408 e. The van der Waals surface area contributed by atoms with Crippen LogP contribution < -0.4 is 10.6 Å². The van der Waals surface area contributed by atoms with Crippen molar-refractivity contribution < 1.29 is 33.8 Å². The van der Waals surface area contributed by atoms with Crippen molar-refractivity contribution in [3.8, 4) is 5.75 Å². The van der Waals surface area contributed by atoms with Gasteiger partial charge in [-0.3, -0.25) is 14.4 Å². The van der Waals surface area contributed by atoms with Gasteiger partial charge in [-0.25, -0.2) is 4.79 Å². The summed E-state index contributed by atoms with van der Waals surface area (Å²) in [5.41, 5.74) is -0.0629. The fraction of sp³-hybridized carbons (Fsp3) is 0.565. The summed E-state index contributed by atoms with van der Waals surface area (Å²) in [5, 5.41) is 15.6. The van der Waals surface area contributed by atoms with E-state index in [1.807, 2.05) is 0 Å². The number of rotatable bonds is 8. The third-order valence-electron chi connectivity index (χ3n) is 4.64. The van der Waals surface area contributed by atoms with E-state index in [1.165, 1.54) is 25.0 Å². The molecule has 0 radical (unpaired) electrons. The standard InChI is InChI=1S/C23H35N3O7/c1-13(2)26(21(30)15(4)25-22(31)33-23(5,6)7)18(20(29)24-12-17(27)32-8)16-11-9-10-14(3)19(16)28/h9-11,13,15,18,28H,12H2,1-8H3,(H,24,29)(H,25,31). The molecule has 184 valence electrons. The van der Waals surface area contributed by atoms with Gasteiger partial charge in [0.25, 0.3) is 0 Å². The lowest BCUT2D eigenvalue weighted by Crippen LogP contribution is -2.54. The summed E-state index contributed by atoms with van der Waals surface area (Å²) in [4.78, 5) is 51.5. The van der Waals surface area contributed by atoms with Gasteiger partial charge in [-0.2, -0.15) is 0 Å². The van der Waals surface area contributed by atoms with Gasteiger partial charge in [-0.15, -0.1) is 0 Å². The van der Waals surface area contributed by atoms with E-state index in [4.69, 9.17) is 4.74 Å². The minimum absolute atomic E-state index is 0.151. The number of ether oxygens (including phenoxy) is 2. The molecule has 0 heterocycles. The van der Waals surface area contributed by atoms with E-state index in [-0.39, 0.29) is 11.3 Å². The molecule has 3 N–H and O–H groups in total. The molecular weight excluding hydrogens is 430 g/mol. The number of nitrogens with one attached hydrogen (secondary N) is 2. The predicted octanol–water partition coefficient (Wildman–Crippen LogP) is 2.18. The summed E-state index contributed by atoms with van der Waals surface area (Å²) >= 11 is 0. The Balaban J connectivity index is 3.36. The number of esters is 1. The highest BCUT2D eigenvalue weighted by atomic mass is 16.6. The quantitative estimate of drug-likeness (QED) is 0.501. The fourth-order valence-electron chi connectivity index (χ4n) is 3.10. The Labute approximate surface area is 194 Å². The molecule has 1 aromatic carbocycles. The van der Waals surface area contributed by atoms with Crippen LogP contribution in [0.4, 0.5) is 4.79 Å². The van der Waals surface area contributed by atoms with Crippen molar-refractivity contribution in [2.24, 2.45) is 0 Å². The number of nitrogens with zero attached hydrogens (tertiary/aromatic N) is 1. The van der Waals surface area contributed by atoms with Gasteiger partial charge in [0, 0.05) is 11.6 Å². The maximum absolute atomic E-state index is 13.4. The van der Waals surface area contributed by atoms with Crippen LogP contribution in [-0.4, -0.2) is 65.2 Å². The van der Waals surface area contributed by atoms with Gasteiger partial charge in [0.15, 0.2) is 0 Å². The van der Waals surface area contributed by atoms with Gasteiger partial charge in [0.1, 0.15) is 30.0 Å². The number of phenolic OH excluding ortho intramolecular Hbond substituents is 1. The Bertz CT molecular complexity index is 877. The SMILES string of the molecule is COC(=O)CNC(=O)C(c1cccc(C)c1O)N(C(=O)C(C)NC(=O)OC(C)(C)C)C(C)C. The number of aromatic hydroxyl groups is 1. The van der Waals surface area contributed by atoms with E-state index in [9.17, 15) is 24.3 Å². The van der Waals surface area contributed by atoms with Crippen LogP contribution in [0, 0.1) is 6.92 Å². The maximum atomic E-state index is 13.4. The number of para-hydroxylation sites is 1.